The molecule has 190 valence electrons. The molecule has 2 aliphatic heterocycles. The van der Waals surface area contributed by atoms with Gasteiger partial charge in [0.2, 0.25) is 11.8 Å². The normalized spacial score (nSPS) is 26.1. The second-order valence-electron chi connectivity index (χ2n) is 9.74. The monoisotopic (exact) mass is 499 g/mol. The van der Waals surface area contributed by atoms with Crippen molar-refractivity contribution in [1.29, 1.82) is 5.26 Å². The van der Waals surface area contributed by atoms with E-state index in [-0.39, 0.29) is 41.5 Å². The van der Waals surface area contributed by atoms with Crippen molar-refractivity contribution in [3.05, 3.63) is 30.0 Å². The first-order chi connectivity index (χ1) is 17.4. The fourth-order valence-electron chi connectivity index (χ4n) is 6.00. The number of aromatic nitrogens is 1. The number of carbonyl (C=O) groups is 3. The van der Waals surface area contributed by atoms with E-state index >= 15 is 0 Å². The summed E-state index contributed by atoms with van der Waals surface area (Å²) in [5.41, 5.74) is 0.642. The summed E-state index contributed by atoms with van der Waals surface area (Å²) in [6.07, 6.45) is 3.50. The van der Waals surface area contributed by atoms with Crippen LogP contribution in [-0.4, -0.2) is 59.4 Å². The molecule has 0 bridgehead atoms. The van der Waals surface area contributed by atoms with Crippen molar-refractivity contribution in [2.45, 2.75) is 50.8 Å². The Labute approximate surface area is 206 Å². The van der Waals surface area contributed by atoms with E-state index in [2.05, 4.69) is 26.4 Å². The molecule has 9 nitrogen and oxygen atoms in total. The minimum Gasteiger partial charge on any atom is -0.434 e. The van der Waals surface area contributed by atoms with Gasteiger partial charge in [-0.1, -0.05) is 12.5 Å². The minimum atomic E-state index is -3.00. The molecule has 1 unspecified atom stereocenters. The van der Waals surface area contributed by atoms with Crippen LogP contribution in [0.1, 0.15) is 42.6 Å². The van der Waals surface area contributed by atoms with E-state index in [4.69, 9.17) is 0 Å². The molecule has 5 atom stereocenters. The maximum atomic E-state index is 13.6. The maximum absolute atomic E-state index is 13.6. The van der Waals surface area contributed by atoms with E-state index in [1.54, 1.807) is 12.1 Å². The first-order valence-corrected chi connectivity index (χ1v) is 12.2. The number of H-pyrrole nitrogens is 1. The van der Waals surface area contributed by atoms with E-state index in [1.165, 1.54) is 17.0 Å². The maximum Gasteiger partial charge on any atom is 0.387 e. The van der Waals surface area contributed by atoms with Crippen molar-refractivity contribution in [1.82, 2.24) is 20.5 Å². The van der Waals surface area contributed by atoms with Gasteiger partial charge in [-0.25, -0.2) is 0 Å². The van der Waals surface area contributed by atoms with Gasteiger partial charge in [0.25, 0.3) is 5.91 Å². The van der Waals surface area contributed by atoms with Gasteiger partial charge in [-0.2, -0.15) is 14.0 Å². The Hall–Kier alpha value is -3.68. The van der Waals surface area contributed by atoms with Gasteiger partial charge in [0.1, 0.15) is 23.5 Å². The van der Waals surface area contributed by atoms with Crippen LogP contribution in [0.15, 0.2) is 24.3 Å². The fraction of sp³-hybridized carbons (Fsp3) is 0.520. The molecule has 3 heterocycles. The molecule has 2 aromatic rings. The predicted molar refractivity (Wildman–Crippen MR) is 124 cm³/mol. The summed E-state index contributed by atoms with van der Waals surface area (Å²) in [6, 6.07) is 6.57. The van der Waals surface area contributed by atoms with Gasteiger partial charge in [-0.15, -0.1) is 0 Å². The van der Waals surface area contributed by atoms with Gasteiger partial charge in [0, 0.05) is 29.9 Å². The number of benzene rings is 1. The highest BCUT2D eigenvalue weighted by molar-refractivity contribution is 6.02. The smallest absolute Gasteiger partial charge is 0.387 e. The summed E-state index contributed by atoms with van der Waals surface area (Å²) in [7, 11) is 0. The number of nitrogens with zero attached hydrogens (tertiary/aromatic N) is 2. The lowest BCUT2D eigenvalue weighted by molar-refractivity contribution is -0.127. The molecular formula is C25H27F2N5O4. The molecular weight excluding hydrogens is 472 g/mol. The summed E-state index contributed by atoms with van der Waals surface area (Å²) < 4.78 is 30.2. The number of hydrogen-bond acceptors (Lipinski definition) is 5. The molecule has 3 N–H and O–H groups in total. The third-order valence-electron chi connectivity index (χ3n) is 7.65. The van der Waals surface area contributed by atoms with Crippen LogP contribution in [0.25, 0.3) is 10.9 Å². The van der Waals surface area contributed by atoms with Crippen LogP contribution in [0.3, 0.4) is 0 Å². The van der Waals surface area contributed by atoms with E-state index < -0.39 is 30.5 Å². The Morgan fingerprint density at radius 3 is 2.83 bits per heavy atom. The van der Waals surface area contributed by atoms with Crippen LogP contribution in [0.2, 0.25) is 0 Å². The first kappa shape index (κ1) is 24.0. The number of amides is 3. The van der Waals surface area contributed by atoms with Crippen molar-refractivity contribution in [3.8, 4) is 11.8 Å². The molecule has 36 heavy (non-hydrogen) atoms. The van der Waals surface area contributed by atoms with Gasteiger partial charge in [0.05, 0.1) is 6.07 Å². The van der Waals surface area contributed by atoms with Crippen molar-refractivity contribution in [3.63, 3.8) is 0 Å². The molecule has 3 amide bonds. The Morgan fingerprint density at radius 1 is 1.28 bits per heavy atom. The highest BCUT2D eigenvalue weighted by Gasteiger charge is 2.50. The highest BCUT2D eigenvalue weighted by Crippen LogP contribution is 2.43. The van der Waals surface area contributed by atoms with Crippen LogP contribution >= 0.6 is 0 Å². The topological polar surface area (TPSA) is 127 Å². The summed E-state index contributed by atoms with van der Waals surface area (Å²) in [6.45, 7) is -2.04. The highest BCUT2D eigenvalue weighted by atomic mass is 19.3. The van der Waals surface area contributed by atoms with Crippen molar-refractivity contribution in [2.75, 3.05) is 13.1 Å². The summed E-state index contributed by atoms with van der Waals surface area (Å²) in [4.78, 5) is 43.4. The number of nitrogens with one attached hydrogen (secondary N) is 3. The first-order valence-electron chi connectivity index (χ1n) is 12.2. The molecule has 1 saturated carbocycles. The molecule has 0 radical (unpaired) electrons. The van der Waals surface area contributed by atoms with Crippen LogP contribution in [0, 0.1) is 29.1 Å². The van der Waals surface area contributed by atoms with Crippen molar-refractivity contribution < 1.29 is 27.9 Å². The van der Waals surface area contributed by atoms with Crippen molar-refractivity contribution in [2.24, 2.45) is 17.8 Å². The van der Waals surface area contributed by atoms with Crippen LogP contribution in [-0.2, 0) is 9.59 Å². The number of fused-ring (bicyclic) bond motifs is 2. The number of nitriles is 1. The zero-order chi connectivity index (χ0) is 25.4. The number of rotatable bonds is 7. The molecule has 2 saturated heterocycles. The average molecular weight is 500 g/mol. The Morgan fingerprint density at radius 2 is 2.11 bits per heavy atom. The largest absolute Gasteiger partial charge is 0.434 e. The summed E-state index contributed by atoms with van der Waals surface area (Å²) >= 11 is 0. The minimum absolute atomic E-state index is 0.0230. The summed E-state index contributed by atoms with van der Waals surface area (Å²) in [5.74, 6) is -1.15. The third kappa shape index (κ3) is 4.47. The number of halogens is 2. The van der Waals surface area contributed by atoms with E-state index in [1.807, 2.05) is 0 Å². The lowest BCUT2D eigenvalue weighted by Gasteiger charge is -2.28. The van der Waals surface area contributed by atoms with Crippen molar-refractivity contribution >= 4 is 28.6 Å². The lowest BCUT2D eigenvalue weighted by Crippen LogP contribution is -2.51. The van der Waals surface area contributed by atoms with E-state index in [9.17, 15) is 28.4 Å². The molecule has 1 aromatic heterocycles. The zero-order valence-corrected chi connectivity index (χ0v) is 19.5. The molecule has 11 heteroatoms. The average Bonchev–Trinajstić information content (AvgIpc) is 3.61. The van der Waals surface area contributed by atoms with Crippen LogP contribution in [0.4, 0.5) is 8.78 Å². The Balaban J connectivity index is 1.37. The number of likely N-dealkylation sites (tertiary alicyclic amines) is 1. The van der Waals surface area contributed by atoms with Crippen LogP contribution in [0.5, 0.6) is 5.75 Å². The van der Waals surface area contributed by atoms with E-state index in [0.29, 0.717) is 30.4 Å². The van der Waals surface area contributed by atoms with Gasteiger partial charge < -0.3 is 25.3 Å². The molecule has 3 aliphatic rings. The number of aromatic amines is 1. The zero-order valence-electron chi connectivity index (χ0n) is 19.5. The molecule has 3 fully saturated rings. The van der Waals surface area contributed by atoms with Crippen LogP contribution < -0.4 is 15.4 Å². The van der Waals surface area contributed by atoms with Gasteiger partial charge in [-0.3, -0.25) is 14.4 Å². The second kappa shape index (κ2) is 9.76. The Kier molecular flexibility index (Phi) is 6.51. The number of ether oxygens (including phenoxy) is 1. The second-order valence-corrected chi connectivity index (χ2v) is 9.74. The van der Waals surface area contributed by atoms with Gasteiger partial charge >= 0.3 is 6.61 Å². The molecule has 0 spiro atoms. The summed E-state index contributed by atoms with van der Waals surface area (Å²) in [5, 5.41) is 15.5. The van der Waals surface area contributed by atoms with Gasteiger partial charge in [-0.05, 0) is 55.7 Å². The quantitative estimate of drug-likeness (QED) is 0.540. The molecule has 1 aliphatic carbocycles. The SMILES string of the molecule is N#CC(C[C@@H]1CCNC1=O)NC(=O)[C@@H]1[C@H]2CCC[C@H]2CN1C(=O)c1cc2c(OC(F)F)cccc2[nH]1. The number of hydrogen-bond donors (Lipinski definition) is 3. The lowest BCUT2D eigenvalue weighted by atomic mass is 9.92. The van der Waals surface area contributed by atoms with E-state index in [0.717, 1.165) is 19.3 Å². The molecule has 5 rings (SSSR count). The standard InChI is InChI=1S/C25H27F2N5O4/c26-25(27)36-20-6-2-5-18-17(20)10-19(31-18)24(35)32-12-14-3-1-4-16(14)21(32)23(34)30-15(11-28)9-13-7-8-29-22(13)33/h2,5-6,10,13-16,21,25,31H,1,3-4,7-9,12H2,(H,29,33)(H,30,34)/t13-,14-,15?,16-,21-/m0/s1. The fourth-order valence-corrected chi connectivity index (χ4v) is 6.00. The number of carbonyl (C=O) groups excluding carboxylic acids is 3. The molecule has 1 aromatic carbocycles. The number of alkyl halides is 2. The van der Waals surface area contributed by atoms with Gasteiger partial charge in [0.15, 0.2) is 0 Å². The predicted octanol–water partition coefficient (Wildman–Crippen LogP) is 2.54. The third-order valence-corrected chi connectivity index (χ3v) is 7.65. The Bertz CT molecular complexity index is 1220.